The maximum absolute atomic E-state index is 13.9. The van der Waals surface area contributed by atoms with Gasteiger partial charge in [-0.25, -0.2) is 0 Å². The summed E-state index contributed by atoms with van der Waals surface area (Å²) in [5.41, 5.74) is 6.22. The molecule has 1 heterocycles. The number of carbonyl (C=O) groups is 1. The molecule has 43 heavy (non-hydrogen) atoms. The van der Waals surface area contributed by atoms with Gasteiger partial charge in [-0.05, 0) is 67.1 Å². The lowest BCUT2D eigenvalue weighted by Gasteiger charge is -2.24. The molecule has 0 saturated heterocycles. The van der Waals surface area contributed by atoms with Crippen LogP contribution in [0.2, 0.25) is 0 Å². The van der Waals surface area contributed by atoms with Crippen LogP contribution in [0.5, 0.6) is 11.5 Å². The van der Waals surface area contributed by atoms with Crippen LogP contribution in [0.3, 0.4) is 0 Å². The molecule has 0 aliphatic rings. The highest BCUT2D eigenvalue weighted by atomic mass is 35.5. The van der Waals surface area contributed by atoms with Crippen LogP contribution in [0.15, 0.2) is 115 Å². The molecule has 0 radical (unpaired) electrons. The Morgan fingerprint density at radius 1 is 0.744 bits per heavy atom. The first kappa shape index (κ1) is 31.7. The molecular weight excluding hydrogens is 583 g/mol. The molecule has 6 nitrogen and oxygen atoms in total. The number of halogens is 2. The van der Waals surface area contributed by atoms with Crippen LogP contribution in [0.25, 0.3) is 28.2 Å². The average molecular weight is 618 g/mol. The number of amides is 1. The first-order valence-corrected chi connectivity index (χ1v) is 14.8. The van der Waals surface area contributed by atoms with E-state index in [0.29, 0.717) is 18.0 Å². The molecule has 222 valence electrons. The van der Waals surface area contributed by atoms with E-state index < -0.39 is 0 Å². The molecule has 0 atom stereocenters. The smallest absolute Gasteiger partial charge is 0.257 e. The Kier molecular flexibility index (Phi) is 11.7. The number of rotatable bonds is 10. The van der Waals surface area contributed by atoms with Crippen molar-refractivity contribution in [3.05, 3.63) is 115 Å². The Morgan fingerprint density at radius 2 is 1.26 bits per heavy atom. The molecule has 0 unspecified atom stereocenters. The molecule has 0 spiro atoms. The lowest BCUT2D eigenvalue weighted by atomic mass is 10.1. The second-order valence-corrected chi connectivity index (χ2v) is 10.0. The number of aromatic nitrogens is 1. The molecular formula is C35H34Cl2N2O4. The third kappa shape index (κ3) is 7.59. The van der Waals surface area contributed by atoms with E-state index in [4.69, 9.17) is 37.4 Å². The zero-order valence-corrected chi connectivity index (χ0v) is 25.9. The lowest BCUT2D eigenvalue weighted by Crippen LogP contribution is -2.30. The Balaban J connectivity index is 0.00000135. The van der Waals surface area contributed by atoms with Crippen LogP contribution in [0, 0.1) is 0 Å². The standard InChI is InChI=1S/C34H32N2O4.CH2Cl2/c1-4-40-24-33(37)35(27-15-19-29(38-2)20-16-27)32-23-31(25-11-7-5-8-12-25)36(28-17-21-30(39-3)22-18-28)34(32)26-13-9-6-10-14-26;2-1-3/h5-23H,4,24H2,1-3H3;1H2. The number of carbonyl (C=O) groups excluding carboxylic acids is 1. The lowest BCUT2D eigenvalue weighted by molar-refractivity contribution is -0.122. The summed E-state index contributed by atoms with van der Waals surface area (Å²) in [7, 11) is 3.28. The van der Waals surface area contributed by atoms with Crippen molar-refractivity contribution in [3.63, 3.8) is 0 Å². The van der Waals surface area contributed by atoms with E-state index in [1.165, 1.54) is 0 Å². The predicted molar refractivity (Wildman–Crippen MR) is 176 cm³/mol. The van der Waals surface area contributed by atoms with E-state index in [1.54, 1.807) is 19.1 Å². The van der Waals surface area contributed by atoms with Gasteiger partial charge in [0.15, 0.2) is 0 Å². The zero-order chi connectivity index (χ0) is 30.6. The largest absolute Gasteiger partial charge is 0.497 e. The molecule has 0 N–H and O–H groups in total. The van der Waals surface area contributed by atoms with Crippen molar-refractivity contribution in [2.75, 3.05) is 37.7 Å². The van der Waals surface area contributed by atoms with Crippen LogP contribution < -0.4 is 14.4 Å². The van der Waals surface area contributed by atoms with Crippen LogP contribution in [-0.4, -0.2) is 43.2 Å². The maximum atomic E-state index is 13.9. The van der Waals surface area contributed by atoms with Gasteiger partial charge in [0.25, 0.3) is 5.91 Å². The van der Waals surface area contributed by atoms with Gasteiger partial charge in [-0.3, -0.25) is 9.69 Å². The Bertz CT molecular complexity index is 1570. The van der Waals surface area contributed by atoms with Crippen LogP contribution in [0.1, 0.15) is 6.92 Å². The second-order valence-electron chi connectivity index (χ2n) is 9.19. The summed E-state index contributed by atoms with van der Waals surface area (Å²) >= 11 is 9.53. The van der Waals surface area contributed by atoms with Crippen molar-refractivity contribution in [2.45, 2.75) is 6.92 Å². The minimum absolute atomic E-state index is 0.0505. The Morgan fingerprint density at radius 3 is 1.77 bits per heavy atom. The number of ether oxygens (including phenoxy) is 3. The highest BCUT2D eigenvalue weighted by Crippen LogP contribution is 2.43. The number of hydrogen-bond donors (Lipinski definition) is 0. The Labute approximate surface area is 263 Å². The van der Waals surface area contributed by atoms with Crippen molar-refractivity contribution in [1.82, 2.24) is 4.57 Å². The van der Waals surface area contributed by atoms with Crippen molar-refractivity contribution < 1.29 is 19.0 Å². The molecule has 1 aromatic heterocycles. The number of hydrogen-bond acceptors (Lipinski definition) is 4. The first-order valence-electron chi connectivity index (χ1n) is 13.7. The second kappa shape index (κ2) is 15.8. The summed E-state index contributed by atoms with van der Waals surface area (Å²) in [4.78, 5) is 15.6. The van der Waals surface area contributed by atoms with Crippen molar-refractivity contribution in [1.29, 1.82) is 0 Å². The molecule has 0 bridgehead atoms. The molecule has 5 rings (SSSR count). The van der Waals surface area contributed by atoms with Gasteiger partial charge in [0, 0.05) is 23.5 Å². The molecule has 0 aliphatic carbocycles. The third-order valence-electron chi connectivity index (χ3n) is 6.68. The van der Waals surface area contributed by atoms with E-state index in [-0.39, 0.29) is 17.9 Å². The monoisotopic (exact) mass is 616 g/mol. The van der Waals surface area contributed by atoms with Crippen molar-refractivity contribution in [3.8, 4) is 39.7 Å². The fourth-order valence-electron chi connectivity index (χ4n) is 4.76. The summed E-state index contributed by atoms with van der Waals surface area (Å²) < 4.78 is 18.6. The maximum Gasteiger partial charge on any atom is 0.257 e. The summed E-state index contributed by atoms with van der Waals surface area (Å²) in [5.74, 6) is 1.31. The number of methoxy groups -OCH3 is 2. The van der Waals surface area contributed by atoms with E-state index in [1.807, 2.05) is 91.9 Å². The van der Waals surface area contributed by atoms with Crippen LogP contribution in [0.4, 0.5) is 11.4 Å². The summed E-state index contributed by atoms with van der Waals surface area (Å²) in [5, 5.41) is 0.194. The van der Waals surface area contributed by atoms with Crippen LogP contribution in [-0.2, 0) is 9.53 Å². The summed E-state index contributed by atoms with van der Waals surface area (Å²) in [6.07, 6.45) is 0. The minimum atomic E-state index is -0.171. The normalized spacial score (nSPS) is 10.4. The van der Waals surface area contributed by atoms with Gasteiger partial charge >= 0.3 is 0 Å². The van der Waals surface area contributed by atoms with E-state index in [0.717, 1.165) is 39.6 Å². The topological polar surface area (TPSA) is 52.9 Å². The van der Waals surface area contributed by atoms with E-state index >= 15 is 0 Å². The van der Waals surface area contributed by atoms with Gasteiger partial charge in [0.2, 0.25) is 0 Å². The summed E-state index contributed by atoms with van der Waals surface area (Å²) in [6, 6.07) is 37.8. The molecule has 1 amide bonds. The average Bonchev–Trinajstić information content (AvgIpc) is 3.45. The SMILES string of the molecule is CCOCC(=O)N(c1ccc(OC)cc1)c1cc(-c2ccccc2)n(-c2ccc(OC)cc2)c1-c1ccccc1.ClCCl. The number of nitrogens with zero attached hydrogens (tertiary/aromatic N) is 2. The summed E-state index contributed by atoms with van der Waals surface area (Å²) in [6.45, 7) is 2.27. The van der Waals surface area contributed by atoms with E-state index in [9.17, 15) is 4.79 Å². The molecule has 0 saturated carbocycles. The van der Waals surface area contributed by atoms with E-state index in [2.05, 4.69) is 34.9 Å². The highest BCUT2D eigenvalue weighted by Gasteiger charge is 2.28. The number of alkyl halides is 2. The predicted octanol–water partition coefficient (Wildman–Crippen LogP) is 8.95. The van der Waals surface area contributed by atoms with Crippen molar-refractivity contribution in [2.24, 2.45) is 0 Å². The number of anilines is 2. The number of benzene rings is 4. The molecule has 0 aliphatic heterocycles. The molecule has 8 heteroatoms. The Hall–Kier alpha value is -4.23. The fourth-order valence-corrected chi connectivity index (χ4v) is 4.76. The van der Waals surface area contributed by atoms with Crippen molar-refractivity contribution >= 4 is 40.5 Å². The molecule has 5 aromatic rings. The van der Waals surface area contributed by atoms with Crippen LogP contribution >= 0.6 is 23.2 Å². The van der Waals surface area contributed by atoms with Gasteiger partial charge in [0.05, 0.1) is 36.6 Å². The molecule has 4 aromatic carbocycles. The third-order valence-corrected chi connectivity index (χ3v) is 6.68. The van der Waals surface area contributed by atoms with Gasteiger partial charge in [-0.1, -0.05) is 60.7 Å². The minimum Gasteiger partial charge on any atom is -0.497 e. The highest BCUT2D eigenvalue weighted by molar-refractivity contribution is 6.40. The van der Waals surface area contributed by atoms with Gasteiger partial charge in [0.1, 0.15) is 18.1 Å². The van der Waals surface area contributed by atoms with Gasteiger partial charge < -0.3 is 18.8 Å². The zero-order valence-electron chi connectivity index (χ0n) is 24.4. The quantitative estimate of drug-likeness (QED) is 0.147. The fraction of sp³-hybridized carbons (Fsp3) is 0.171. The van der Waals surface area contributed by atoms with Gasteiger partial charge in [-0.15, -0.1) is 23.2 Å². The first-order chi connectivity index (χ1) is 21.1. The molecule has 0 fully saturated rings. The van der Waals surface area contributed by atoms with Gasteiger partial charge in [-0.2, -0.15) is 0 Å².